The molecule has 24 heavy (non-hydrogen) atoms. The number of unbranched alkanes of at least 4 members (excludes halogenated alkanes) is 1. The van der Waals surface area contributed by atoms with Crippen LogP contribution in [0.5, 0.6) is 0 Å². The average Bonchev–Trinajstić information content (AvgIpc) is 2.59. The molecule has 2 rings (SSSR count). The van der Waals surface area contributed by atoms with E-state index >= 15 is 0 Å². The molecule has 0 atom stereocenters. The van der Waals surface area contributed by atoms with Gasteiger partial charge >= 0.3 is 0 Å². The molecule has 134 valence electrons. The SMILES string of the molecule is CCCCN(C)c1ccc([N+](=O)[O-])cc1S(=O)(=O)N1CCOCC1. The van der Waals surface area contributed by atoms with Gasteiger partial charge in [0, 0.05) is 38.8 Å². The van der Waals surface area contributed by atoms with Gasteiger partial charge in [-0.05, 0) is 12.5 Å². The monoisotopic (exact) mass is 357 g/mol. The van der Waals surface area contributed by atoms with E-state index in [0.29, 0.717) is 25.4 Å². The van der Waals surface area contributed by atoms with Gasteiger partial charge in [0.05, 0.1) is 23.8 Å². The summed E-state index contributed by atoms with van der Waals surface area (Å²) in [4.78, 5) is 12.3. The van der Waals surface area contributed by atoms with Gasteiger partial charge in [-0.1, -0.05) is 13.3 Å². The van der Waals surface area contributed by atoms with Crippen LogP contribution in [0.2, 0.25) is 0 Å². The number of non-ortho nitro benzene ring substituents is 1. The molecule has 0 aromatic heterocycles. The van der Waals surface area contributed by atoms with E-state index < -0.39 is 14.9 Å². The highest BCUT2D eigenvalue weighted by molar-refractivity contribution is 7.89. The maximum atomic E-state index is 13.0. The Morgan fingerprint density at radius 1 is 1.33 bits per heavy atom. The molecule has 1 saturated heterocycles. The standard InChI is InChI=1S/C15H23N3O5S/c1-3-4-7-16(2)14-6-5-13(18(19)20)12-15(14)24(21,22)17-8-10-23-11-9-17/h5-6,12H,3-4,7-11H2,1-2H3. The van der Waals surface area contributed by atoms with Gasteiger partial charge in [-0.2, -0.15) is 4.31 Å². The van der Waals surface area contributed by atoms with Crippen molar-refractivity contribution >= 4 is 21.4 Å². The van der Waals surface area contributed by atoms with Crippen LogP contribution in [0.15, 0.2) is 23.1 Å². The zero-order valence-corrected chi connectivity index (χ0v) is 14.8. The lowest BCUT2D eigenvalue weighted by Crippen LogP contribution is -2.41. The zero-order valence-electron chi connectivity index (χ0n) is 14.0. The van der Waals surface area contributed by atoms with Crippen molar-refractivity contribution in [3.63, 3.8) is 0 Å². The van der Waals surface area contributed by atoms with Crippen molar-refractivity contribution in [2.24, 2.45) is 0 Å². The second kappa shape index (κ2) is 7.91. The third-order valence-electron chi connectivity index (χ3n) is 4.00. The summed E-state index contributed by atoms with van der Waals surface area (Å²) < 4.78 is 32.5. The van der Waals surface area contributed by atoms with Gasteiger partial charge in [-0.3, -0.25) is 10.1 Å². The highest BCUT2D eigenvalue weighted by Gasteiger charge is 2.31. The summed E-state index contributed by atoms with van der Waals surface area (Å²) in [6.45, 7) is 3.89. The Kier molecular flexibility index (Phi) is 6.14. The molecular formula is C15H23N3O5S. The summed E-state index contributed by atoms with van der Waals surface area (Å²) in [5, 5.41) is 11.1. The van der Waals surface area contributed by atoms with Crippen molar-refractivity contribution in [2.45, 2.75) is 24.7 Å². The Morgan fingerprint density at radius 3 is 2.58 bits per heavy atom. The first-order valence-corrected chi connectivity index (χ1v) is 9.39. The Bertz CT molecular complexity index is 686. The zero-order chi connectivity index (χ0) is 17.7. The van der Waals surface area contributed by atoms with Gasteiger partial charge in [0.1, 0.15) is 4.90 Å². The number of anilines is 1. The molecular weight excluding hydrogens is 334 g/mol. The Hall–Kier alpha value is -1.71. The lowest BCUT2D eigenvalue weighted by atomic mass is 10.2. The minimum atomic E-state index is -3.81. The summed E-state index contributed by atoms with van der Waals surface area (Å²) in [5.41, 5.74) is 0.259. The topological polar surface area (TPSA) is 93.0 Å². The van der Waals surface area contributed by atoms with Crippen LogP contribution in [0, 0.1) is 10.1 Å². The lowest BCUT2D eigenvalue weighted by Gasteiger charge is -2.28. The molecule has 0 N–H and O–H groups in total. The largest absolute Gasteiger partial charge is 0.379 e. The van der Waals surface area contributed by atoms with Crippen LogP contribution in [0.4, 0.5) is 11.4 Å². The lowest BCUT2D eigenvalue weighted by molar-refractivity contribution is -0.385. The van der Waals surface area contributed by atoms with E-state index in [4.69, 9.17) is 4.74 Å². The van der Waals surface area contributed by atoms with Gasteiger partial charge in [0.15, 0.2) is 0 Å². The summed E-state index contributed by atoms with van der Waals surface area (Å²) in [7, 11) is -2.01. The predicted molar refractivity (Wildman–Crippen MR) is 90.9 cm³/mol. The van der Waals surface area contributed by atoms with Gasteiger partial charge in [0.2, 0.25) is 10.0 Å². The quantitative estimate of drug-likeness (QED) is 0.546. The van der Waals surface area contributed by atoms with Crippen LogP contribution in [0.25, 0.3) is 0 Å². The molecule has 8 nitrogen and oxygen atoms in total. The van der Waals surface area contributed by atoms with Crippen LogP contribution in [-0.4, -0.2) is 57.5 Å². The fraction of sp³-hybridized carbons (Fsp3) is 0.600. The van der Waals surface area contributed by atoms with Crippen LogP contribution in [0.1, 0.15) is 19.8 Å². The molecule has 0 radical (unpaired) electrons. The minimum Gasteiger partial charge on any atom is -0.379 e. The number of rotatable bonds is 7. The highest BCUT2D eigenvalue weighted by Crippen LogP contribution is 2.31. The van der Waals surface area contributed by atoms with Crippen molar-refractivity contribution in [2.75, 3.05) is 44.8 Å². The van der Waals surface area contributed by atoms with E-state index in [1.54, 1.807) is 7.05 Å². The number of hydrogen-bond donors (Lipinski definition) is 0. The second-order valence-electron chi connectivity index (χ2n) is 5.70. The smallest absolute Gasteiger partial charge is 0.270 e. The molecule has 0 bridgehead atoms. The molecule has 1 aliphatic rings. The van der Waals surface area contributed by atoms with Gasteiger partial charge in [-0.15, -0.1) is 0 Å². The third kappa shape index (κ3) is 4.03. The first-order valence-electron chi connectivity index (χ1n) is 7.95. The normalized spacial score (nSPS) is 16.1. The molecule has 9 heteroatoms. The number of hydrogen-bond acceptors (Lipinski definition) is 6. The van der Waals surface area contributed by atoms with E-state index in [1.165, 1.54) is 16.4 Å². The Morgan fingerprint density at radius 2 is 2.00 bits per heavy atom. The third-order valence-corrected chi connectivity index (χ3v) is 5.93. The molecule has 0 spiro atoms. The molecule has 1 aliphatic heterocycles. The summed E-state index contributed by atoms with van der Waals surface area (Å²) >= 11 is 0. The summed E-state index contributed by atoms with van der Waals surface area (Å²) in [6.07, 6.45) is 1.88. The molecule has 1 aromatic carbocycles. The maximum Gasteiger partial charge on any atom is 0.270 e. The Labute approximate surface area is 142 Å². The number of nitro groups is 1. The van der Waals surface area contributed by atoms with E-state index in [9.17, 15) is 18.5 Å². The molecule has 0 unspecified atom stereocenters. The number of benzene rings is 1. The highest BCUT2D eigenvalue weighted by atomic mass is 32.2. The fourth-order valence-electron chi connectivity index (χ4n) is 2.58. The van der Waals surface area contributed by atoms with Crippen LogP contribution in [0.3, 0.4) is 0 Å². The van der Waals surface area contributed by atoms with E-state index in [1.807, 2.05) is 4.90 Å². The van der Waals surface area contributed by atoms with Crippen LogP contribution in [-0.2, 0) is 14.8 Å². The second-order valence-corrected chi connectivity index (χ2v) is 7.61. The minimum absolute atomic E-state index is 0.0165. The summed E-state index contributed by atoms with van der Waals surface area (Å²) in [6, 6.07) is 4.01. The molecule has 1 heterocycles. The molecule has 1 aromatic rings. The molecule has 1 fully saturated rings. The van der Waals surface area contributed by atoms with E-state index in [2.05, 4.69) is 6.92 Å². The number of sulfonamides is 1. The number of morpholine rings is 1. The van der Waals surface area contributed by atoms with E-state index in [0.717, 1.165) is 18.9 Å². The first-order chi connectivity index (χ1) is 11.4. The first kappa shape index (κ1) is 18.6. The van der Waals surface area contributed by atoms with Gasteiger partial charge in [-0.25, -0.2) is 8.42 Å². The Balaban J connectivity index is 2.46. The predicted octanol–water partition coefficient (Wildman–Crippen LogP) is 1.85. The fourth-order valence-corrected chi connectivity index (χ4v) is 4.25. The van der Waals surface area contributed by atoms with Crippen molar-refractivity contribution in [3.8, 4) is 0 Å². The van der Waals surface area contributed by atoms with Gasteiger partial charge < -0.3 is 9.64 Å². The van der Waals surface area contributed by atoms with Gasteiger partial charge in [0.25, 0.3) is 5.69 Å². The summed E-state index contributed by atoms with van der Waals surface area (Å²) in [5.74, 6) is 0. The number of ether oxygens (including phenoxy) is 1. The number of nitrogens with zero attached hydrogens (tertiary/aromatic N) is 3. The van der Waals surface area contributed by atoms with E-state index in [-0.39, 0.29) is 23.7 Å². The average molecular weight is 357 g/mol. The maximum absolute atomic E-state index is 13.0. The van der Waals surface area contributed by atoms with Crippen molar-refractivity contribution < 1.29 is 18.1 Å². The van der Waals surface area contributed by atoms with Crippen LogP contribution < -0.4 is 4.90 Å². The molecule has 0 saturated carbocycles. The number of nitro benzene ring substituents is 1. The molecule has 0 amide bonds. The van der Waals surface area contributed by atoms with Crippen molar-refractivity contribution in [1.29, 1.82) is 0 Å². The van der Waals surface area contributed by atoms with Crippen molar-refractivity contribution in [3.05, 3.63) is 28.3 Å². The van der Waals surface area contributed by atoms with Crippen LogP contribution >= 0.6 is 0 Å². The van der Waals surface area contributed by atoms with Crippen molar-refractivity contribution in [1.82, 2.24) is 4.31 Å². The molecule has 0 aliphatic carbocycles.